The van der Waals surface area contributed by atoms with Crippen molar-refractivity contribution in [2.24, 2.45) is 0 Å². The van der Waals surface area contributed by atoms with E-state index in [1.54, 1.807) is 14.0 Å². The smallest absolute Gasteiger partial charge is 0.315 e. The van der Waals surface area contributed by atoms with E-state index in [9.17, 15) is 4.79 Å². The first-order valence-electron chi connectivity index (χ1n) is 8.25. The van der Waals surface area contributed by atoms with Gasteiger partial charge in [-0.3, -0.25) is 0 Å². The molecule has 5 nitrogen and oxygen atoms in total. The van der Waals surface area contributed by atoms with Crippen LogP contribution in [-0.2, 0) is 10.2 Å². The third-order valence-corrected chi connectivity index (χ3v) is 4.48. The first kappa shape index (κ1) is 18.2. The number of methoxy groups -OCH3 is 1. The minimum atomic E-state index is -0.199. The van der Waals surface area contributed by atoms with E-state index in [0.717, 1.165) is 24.2 Å². The fourth-order valence-corrected chi connectivity index (χ4v) is 3.06. The predicted octanol–water partition coefficient (Wildman–Crippen LogP) is 2.37. The molecule has 1 aliphatic heterocycles. The molecule has 1 saturated heterocycles. The molecule has 1 heterocycles. The molecule has 2 N–H and O–H groups in total. The average Bonchev–Trinajstić information content (AvgIpc) is 2.61. The van der Waals surface area contributed by atoms with Crippen molar-refractivity contribution in [3.63, 3.8) is 0 Å². The van der Waals surface area contributed by atoms with Gasteiger partial charge in [0, 0.05) is 30.7 Å². The van der Waals surface area contributed by atoms with Crippen LogP contribution in [0.15, 0.2) is 18.2 Å². The number of carbonyl (C=O) groups excluding carboxylic acids is 1. The summed E-state index contributed by atoms with van der Waals surface area (Å²) in [5, 5.41) is 5.74. The molecule has 24 heavy (non-hydrogen) atoms. The minimum absolute atomic E-state index is 0.177. The zero-order chi connectivity index (χ0) is 17.4. The molecular weight excluding hydrogens is 304 g/mol. The van der Waals surface area contributed by atoms with Crippen LogP contribution in [-0.4, -0.2) is 39.4 Å². The quantitative estimate of drug-likeness (QED) is 0.815. The molecule has 0 unspecified atom stereocenters. The summed E-state index contributed by atoms with van der Waals surface area (Å²) in [5.41, 5.74) is 2.14. The Morgan fingerprint density at radius 1 is 1.33 bits per heavy atom. The van der Waals surface area contributed by atoms with Crippen molar-refractivity contribution in [3.05, 3.63) is 29.3 Å². The van der Waals surface area contributed by atoms with E-state index >= 15 is 0 Å². The van der Waals surface area contributed by atoms with Crippen molar-refractivity contribution in [3.8, 4) is 17.6 Å². The lowest BCUT2D eigenvalue weighted by atomic mass is 9.73. The van der Waals surface area contributed by atoms with Gasteiger partial charge in [-0.1, -0.05) is 23.6 Å². The molecule has 1 aromatic carbocycles. The van der Waals surface area contributed by atoms with Crippen LogP contribution in [0, 0.1) is 18.8 Å². The van der Waals surface area contributed by atoms with Crippen LogP contribution in [0.5, 0.6) is 5.75 Å². The fourth-order valence-electron chi connectivity index (χ4n) is 3.06. The maximum atomic E-state index is 12.0. The monoisotopic (exact) mass is 330 g/mol. The number of amides is 2. The van der Waals surface area contributed by atoms with Gasteiger partial charge in [0.2, 0.25) is 0 Å². The number of ether oxygens (including phenoxy) is 2. The number of urea groups is 1. The molecule has 0 saturated carbocycles. The molecule has 0 spiro atoms. The number of hydrogen-bond acceptors (Lipinski definition) is 3. The van der Waals surface area contributed by atoms with Gasteiger partial charge in [-0.25, -0.2) is 4.79 Å². The van der Waals surface area contributed by atoms with Gasteiger partial charge < -0.3 is 20.1 Å². The van der Waals surface area contributed by atoms with Crippen LogP contribution in [0.2, 0.25) is 0 Å². The Kier molecular flexibility index (Phi) is 6.51. The van der Waals surface area contributed by atoms with Gasteiger partial charge in [0.15, 0.2) is 0 Å². The third kappa shape index (κ3) is 4.42. The zero-order valence-corrected chi connectivity index (χ0v) is 14.7. The summed E-state index contributed by atoms with van der Waals surface area (Å²) < 4.78 is 11.1. The van der Waals surface area contributed by atoms with Gasteiger partial charge in [0.05, 0.1) is 13.7 Å². The van der Waals surface area contributed by atoms with Crippen molar-refractivity contribution >= 4 is 6.03 Å². The number of aryl methyl sites for hydroxylation is 1. The maximum absolute atomic E-state index is 12.0. The van der Waals surface area contributed by atoms with Crippen molar-refractivity contribution in [2.45, 2.75) is 32.1 Å². The van der Waals surface area contributed by atoms with Crippen molar-refractivity contribution in [1.82, 2.24) is 10.6 Å². The SMILES string of the molecule is CC#CCNC(=O)NCC1(c2cc(C)ccc2OC)CCOCC1. The van der Waals surface area contributed by atoms with E-state index in [4.69, 9.17) is 9.47 Å². The van der Waals surface area contributed by atoms with Gasteiger partial charge >= 0.3 is 6.03 Å². The molecule has 0 atom stereocenters. The molecule has 130 valence electrons. The normalized spacial score (nSPS) is 15.8. The predicted molar refractivity (Wildman–Crippen MR) is 94.3 cm³/mol. The Morgan fingerprint density at radius 3 is 2.75 bits per heavy atom. The van der Waals surface area contributed by atoms with E-state index in [2.05, 4.69) is 35.5 Å². The fraction of sp³-hybridized carbons (Fsp3) is 0.526. The van der Waals surface area contributed by atoms with Gasteiger partial charge in [-0.05, 0) is 32.8 Å². The number of rotatable bonds is 5. The van der Waals surface area contributed by atoms with Crippen LogP contribution in [0.25, 0.3) is 0 Å². The Morgan fingerprint density at radius 2 is 2.08 bits per heavy atom. The molecule has 2 amide bonds. The van der Waals surface area contributed by atoms with Gasteiger partial charge in [0.25, 0.3) is 0 Å². The van der Waals surface area contributed by atoms with E-state index in [0.29, 0.717) is 26.3 Å². The highest BCUT2D eigenvalue weighted by Gasteiger charge is 2.37. The van der Waals surface area contributed by atoms with E-state index < -0.39 is 0 Å². The maximum Gasteiger partial charge on any atom is 0.315 e. The average molecular weight is 330 g/mol. The molecular formula is C19H26N2O3. The molecule has 5 heteroatoms. The Labute approximate surface area is 144 Å². The molecule has 0 aliphatic carbocycles. The lowest BCUT2D eigenvalue weighted by molar-refractivity contribution is 0.0498. The largest absolute Gasteiger partial charge is 0.496 e. The van der Waals surface area contributed by atoms with Gasteiger partial charge in [0.1, 0.15) is 5.75 Å². The van der Waals surface area contributed by atoms with Crippen LogP contribution >= 0.6 is 0 Å². The number of carbonyl (C=O) groups is 1. The molecule has 2 rings (SSSR count). The summed E-state index contributed by atoms with van der Waals surface area (Å²) in [6.45, 7) is 6.08. The second-order valence-corrected chi connectivity index (χ2v) is 6.06. The van der Waals surface area contributed by atoms with E-state index in [-0.39, 0.29) is 11.4 Å². The standard InChI is InChI=1S/C19H26N2O3/c1-4-5-10-20-18(22)21-14-19(8-11-24-12-9-19)16-13-15(2)6-7-17(16)23-3/h6-7,13H,8-12,14H2,1-3H3,(H2,20,21,22). The molecule has 0 radical (unpaired) electrons. The first-order valence-corrected chi connectivity index (χ1v) is 8.25. The van der Waals surface area contributed by atoms with Crippen molar-refractivity contribution < 1.29 is 14.3 Å². The highest BCUT2D eigenvalue weighted by molar-refractivity contribution is 5.74. The van der Waals surface area contributed by atoms with Crippen LogP contribution in [0.4, 0.5) is 4.79 Å². The van der Waals surface area contributed by atoms with Gasteiger partial charge in [-0.15, -0.1) is 5.92 Å². The minimum Gasteiger partial charge on any atom is -0.496 e. The summed E-state index contributed by atoms with van der Waals surface area (Å²) >= 11 is 0. The van der Waals surface area contributed by atoms with Crippen LogP contribution in [0.3, 0.4) is 0 Å². The third-order valence-electron chi connectivity index (χ3n) is 4.48. The zero-order valence-electron chi connectivity index (χ0n) is 14.7. The van der Waals surface area contributed by atoms with Crippen molar-refractivity contribution in [2.75, 3.05) is 33.4 Å². The number of hydrogen-bond donors (Lipinski definition) is 2. The van der Waals surface area contributed by atoms with Crippen LogP contribution < -0.4 is 15.4 Å². The second kappa shape index (κ2) is 8.60. The Bertz CT molecular complexity index is 625. The number of benzene rings is 1. The molecule has 0 aromatic heterocycles. The topological polar surface area (TPSA) is 59.6 Å². The lowest BCUT2D eigenvalue weighted by Gasteiger charge is -2.38. The number of nitrogens with one attached hydrogen (secondary N) is 2. The highest BCUT2D eigenvalue weighted by atomic mass is 16.5. The summed E-state index contributed by atoms with van der Waals surface area (Å²) in [4.78, 5) is 12.0. The molecule has 1 aliphatic rings. The summed E-state index contributed by atoms with van der Waals surface area (Å²) in [5.74, 6) is 6.44. The second-order valence-electron chi connectivity index (χ2n) is 6.06. The van der Waals surface area contributed by atoms with E-state index in [1.165, 1.54) is 5.56 Å². The van der Waals surface area contributed by atoms with Crippen LogP contribution in [0.1, 0.15) is 30.9 Å². The molecule has 1 aromatic rings. The Balaban J connectivity index is 2.19. The lowest BCUT2D eigenvalue weighted by Crippen LogP contribution is -2.47. The first-order chi connectivity index (χ1) is 11.6. The summed E-state index contributed by atoms with van der Waals surface area (Å²) in [7, 11) is 1.69. The highest BCUT2D eigenvalue weighted by Crippen LogP contribution is 2.39. The van der Waals surface area contributed by atoms with Gasteiger partial charge in [-0.2, -0.15) is 0 Å². The summed E-state index contributed by atoms with van der Waals surface area (Å²) in [6, 6.07) is 6.00. The van der Waals surface area contributed by atoms with Crippen molar-refractivity contribution in [1.29, 1.82) is 0 Å². The summed E-state index contributed by atoms with van der Waals surface area (Å²) in [6.07, 6.45) is 1.70. The Hall–Kier alpha value is -2.19. The molecule has 1 fully saturated rings. The van der Waals surface area contributed by atoms with E-state index in [1.807, 2.05) is 12.1 Å². The molecule has 0 bridgehead atoms.